The molecule has 7 heteroatoms. The van der Waals surface area contributed by atoms with Crippen LogP contribution in [0, 0.1) is 13.8 Å². The van der Waals surface area contributed by atoms with Crippen LogP contribution in [0.4, 0.5) is 5.69 Å². The Hall–Kier alpha value is -2.86. The standard InChI is InChI=1S/C18H17ClN4O2/c1-4-15(24)13-8-12(5-6-14(13)19)22-18(25)16-17-21-10(2)7-11(3)23(17)9-20-16/h4-9,24H,1-3H3,(H,22,25)/b15-4-. The van der Waals surface area contributed by atoms with Crippen molar-refractivity contribution in [2.24, 2.45) is 0 Å². The van der Waals surface area contributed by atoms with Gasteiger partial charge in [0.05, 0.1) is 5.02 Å². The van der Waals surface area contributed by atoms with Crippen LogP contribution in [0.5, 0.6) is 0 Å². The molecule has 0 fully saturated rings. The third-order valence-electron chi connectivity index (χ3n) is 3.81. The molecule has 0 spiro atoms. The maximum Gasteiger partial charge on any atom is 0.278 e. The second kappa shape index (κ2) is 6.57. The molecule has 0 atom stereocenters. The van der Waals surface area contributed by atoms with E-state index in [1.54, 1.807) is 35.9 Å². The van der Waals surface area contributed by atoms with Crippen LogP contribution >= 0.6 is 11.6 Å². The quantitative estimate of drug-likeness (QED) is 0.690. The van der Waals surface area contributed by atoms with Crippen LogP contribution in [0.15, 0.2) is 36.7 Å². The number of imidazole rings is 1. The summed E-state index contributed by atoms with van der Waals surface area (Å²) in [5.41, 5.74) is 3.44. The largest absolute Gasteiger partial charge is 0.508 e. The van der Waals surface area contributed by atoms with Crippen LogP contribution in [0.3, 0.4) is 0 Å². The Morgan fingerprint density at radius 3 is 2.80 bits per heavy atom. The Balaban J connectivity index is 1.96. The number of anilines is 1. The summed E-state index contributed by atoms with van der Waals surface area (Å²) in [5.74, 6) is -0.338. The first-order chi connectivity index (χ1) is 11.9. The number of nitrogens with zero attached hydrogens (tertiary/aromatic N) is 3. The van der Waals surface area contributed by atoms with Gasteiger partial charge in [-0.15, -0.1) is 0 Å². The first-order valence-corrected chi connectivity index (χ1v) is 8.06. The van der Waals surface area contributed by atoms with E-state index in [9.17, 15) is 9.90 Å². The van der Waals surface area contributed by atoms with Crippen LogP contribution in [0.2, 0.25) is 5.02 Å². The molecular formula is C18H17ClN4O2. The number of nitrogens with one attached hydrogen (secondary N) is 1. The van der Waals surface area contributed by atoms with Crippen molar-refractivity contribution in [2.75, 3.05) is 5.32 Å². The van der Waals surface area contributed by atoms with Gasteiger partial charge in [-0.1, -0.05) is 11.6 Å². The SMILES string of the molecule is C/C=C(\O)c1cc(NC(=O)c2ncn3c(C)cc(C)nc23)ccc1Cl. The number of aliphatic hydroxyl groups excluding tert-OH is 1. The Labute approximate surface area is 149 Å². The van der Waals surface area contributed by atoms with E-state index in [0.29, 0.717) is 21.9 Å². The highest BCUT2D eigenvalue weighted by Gasteiger charge is 2.17. The Morgan fingerprint density at radius 1 is 1.32 bits per heavy atom. The van der Waals surface area contributed by atoms with E-state index in [-0.39, 0.29) is 17.4 Å². The number of aliphatic hydroxyl groups is 1. The van der Waals surface area contributed by atoms with E-state index in [2.05, 4.69) is 15.3 Å². The first kappa shape index (κ1) is 17.0. The van der Waals surface area contributed by atoms with Crippen molar-refractivity contribution in [1.29, 1.82) is 0 Å². The molecule has 128 valence electrons. The van der Waals surface area contributed by atoms with Crippen molar-refractivity contribution in [3.05, 3.63) is 64.3 Å². The zero-order valence-corrected chi connectivity index (χ0v) is 14.8. The molecular weight excluding hydrogens is 340 g/mol. The van der Waals surface area contributed by atoms with Gasteiger partial charge < -0.3 is 10.4 Å². The highest BCUT2D eigenvalue weighted by atomic mass is 35.5. The first-order valence-electron chi connectivity index (χ1n) is 7.68. The Bertz CT molecular complexity index is 1010. The maximum absolute atomic E-state index is 12.6. The molecule has 2 aromatic heterocycles. The number of hydrogen-bond donors (Lipinski definition) is 2. The van der Waals surface area contributed by atoms with Crippen molar-refractivity contribution in [3.63, 3.8) is 0 Å². The summed E-state index contributed by atoms with van der Waals surface area (Å²) >= 11 is 6.08. The minimum atomic E-state index is -0.381. The zero-order chi connectivity index (χ0) is 18.1. The highest BCUT2D eigenvalue weighted by molar-refractivity contribution is 6.32. The number of carbonyl (C=O) groups excluding carboxylic acids is 1. The van der Waals surface area contributed by atoms with Gasteiger partial charge in [-0.2, -0.15) is 0 Å². The van der Waals surface area contributed by atoms with Gasteiger partial charge in [0.15, 0.2) is 11.3 Å². The van der Waals surface area contributed by atoms with Crippen LogP contribution in [0.1, 0.15) is 34.4 Å². The number of halogens is 1. The highest BCUT2D eigenvalue weighted by Crippen LogP contribution is 2.26. The summed E-state index contributed by atoms with van der Waals surface area (Å²) in [5, 5.41) is 13.1. The van der Waals surface area contributed by atoms with E-state index < -0.39 is 0 Å². The number of fused-ring (bicyclic) bond motifs is 1. The molecule has 25 heavy (non-hydrogen) atoms. The smallest absolute Gasteiger partial charge is 0.278 e. The van der Waals surface area contributed by atoms with E-state index >= 15 is 0 Å². The molecule has 0 unspecified atom stereocenters. The molecule has 0 bridgehead atoms. The van der Waals surface area contributed by atoms with Crippen LogP contribution < -0.4 is 5.32 Å². The predicted octanol–water partition coefficient (Wildman–Crippen LogP) is 4.17. The van der Waals surface area contributed by atoms with Gasteiger partial charge in [-0.25, -0.2) is 9.97 Å². The third-order valence-corrected chi connectivity index (χ3v) is 4.14. The number of amides is 1. The molecule has 0 saturated heterocycles. The molecule has 0 aliphatic rings. The second-order valence-electron chi connectivity index (χ2n) is 5.65. The lowest BCUT2D eigenvalue weighted by Crippen LogP contribution is -2.13. The molecule has 3 aromatic rings. The van der Waals surface area contributed by atoms with Gasteiger partial charge >= 0.3 is 0 Å². The van der Waals surface area contributed by atoms with Gasteiger partial charge in [-0.3, -0.25) is 9.20 Å². The topological polar surface area (TPSA) is 79.5 Å². The fourth-order valence-corrected chi connectivity index (χ4v) is 2.80. The molecule has 6 nitrogen and oxygen atoms in total. The molecule has 2 heterocycles. The van der Waals surface area contributed by atoms with Crippen LogP contribution in [-0.4, -0.2) is 25.4 Å². The summed E-state index contributed by atoms with van der Waals surface area (Å²) in [6.45, 7) is 5.49. The van der Waals surface area contributed by atoms with Gasteiger partial charge in [0.2, 0.25) is 0 Å². The van der Waals surface area contributed by atoms with E-state index in [4.69, 9.17) is 11.6 Å². The monoisotopic (exact) mass is 356 g/mol. The van der Waals surface area contributed by atoms with Gasteiger partial charge in [0.1, 0.15) is 12.1 Å². The van der Waals surface area contributed by atoms with Crippen LogP contribution in [0.25, 0.3) is 11.4 Å². The number of carbonyl (C=O) groups is 1. The van der Waals surface area contributed by atoms with E-state index in [0.717, 1.165) is 11.4 Å². The van der Waals surface area contributed by atoms with Crippen molar-refractivity contribution in [2.45, 2.75) is 20.8 Å². The summed E-state index contributed by atoms with van der Waals surface area (Å²) in [6.07, 6.45) is 3.11. The molecule has 0 aliphatic carbocycles. The molecule has 0 aliphatic heterocycles. The van der Waals surface area contributed by atoms with Crippen molar-refractivity contribution in [1.82, 2.24) is 14.4 Å². The Morgan fingerprint density at radius 2 is 2.08 bits per heavy atom. The lowest BCUT2D eigenvalue weighted by atomic mass is 10.1. The van der Waals surface area contributed by atoms with Gasteiger partial charge in [0, 0.05) is 22.6 Å². The number of aromatic nitrogens is 3. The van der Waals surface area contributed by atoms with Crippen LogP contribution in [-0.2, 0) is 0 Å². The lowest BCUT2D eigenvalue weighted by Gasteiger charge is -2.08. The van der Waals surface area contributed by atoms with Gasteiger partial charge in [-0.05, 0) is 51.1 Å². The maximum atomic E-state index is 12.6. The molecule has 0 radical (unpaired) electrons. The molecule has 1 aromatic carbocycles. The summed E-state index contributed by atoms with van der Waals surface area (Å²) < 4.78 is 1.76. The van der Waals surface area contributed by atoms with Crippen molar-refractivity contribution in [3.8, 4) is 0 Å². The molecule has 1 amide bonds. The number of rotatable bonds is 3. The van der Waals surface area contributed by atoms with Gasteiger partial charge in [0.25, 0.3) is 5.91 Å². The van der Waals surface area contributed by atoms with Crippen molar-refractivity contribution < 1.29 is 9.90 Å². The minimum absolute atomic E-state index is 0.0430. The average Bonchev–Trinajstić information content (AvgIpc) is 3.00. The van der Waals surface area contributed by atoms with E-state index in [1.165, 1.54) is 6.08 Å². The molecule has 2 N–H and O–H groups in total. The number of hydrogen-bond acceptors (Lipinski definition) is 4. The summed E-state index contributed by atoms with van der Waals surface area (Å²) in [7, 11) is 0. The number of allylic oxidation sites excluding steroid dienone is 1. The number of aryl methyl sites for hydroxylation is 2. The lowest BCUT2D eigenvalue weighted by molar-refractivity contribution is 0.102. The zero-order valence-electron chi connectivity index (χ0n) is 14.0. The van der Waals surface area contributed by atoms with Crippen molar-refractivity contribution >= 4 is 34.6 Å². The van der Waals surface area contributed by atoms with E-state index in [1.807, 2.05) is 19.9 Å². The minimum Gasteiger partial charge on any atom is -0.508 e. The fourth-order valence-electron chi connectivity index (χ4n) is 2.58. The molecule has 0 saturated carbocycles. The number of benzene rings is 1. The molecule has 3 rings (SSSR count). The summed E-state index contributed by atoms with van der Waals surface area (Å²) in [4.78, 5) is 21.2. The second-order valence-corrected chi connectivity index (χ2v) is 6.06. The predicted molar refractivity (Wildman–Crippen MR) is 98.1 cm³/mol. The Kier molecular flexibility index (Phi) is 4.46. The third kappa shape index (κ3) is 3.21. The fraction of sp³-hybridized carbons (Fsp3) is 0.167. The average molecular weight is 357 g/mol. The summed E-state index contributed by atoms with van der Waals surface area (Å²) in [6, 6.07) is 6.80. The normalized spacial score (nSPS) is 11.8.